The van der Waals surface area contributed by atoms with Crippen molar-refractivity contribution in [3.63, 3.8) is 0 Å². The predicted octanol–water partition coefficient (Wildman–Crippen LogP) is -1.51. The Labute approximate surface area is 263 Å². The lowest BCUT2D eigenvalue weighted by atomic mass is 9.94. The van der Waals surface area contributed by atoms with E-state index in [1.807, 2.05) is 5.48 Å². The third-order valence-corrected chi connectivity index (χ3v) is 9.90. The fourth-order valence-corrected chi connectivity index (χ4v) is 7.45. The Morgan fingerprint density at radius 3 is 2.51 bits per heavy atom. The molecule has 0 bridgehead atoms. The highest BCUT2D eigenvalue weighted by molar-refractivity contribution is 8.01. The number of amides is 6. The van der Waals surface area contributed by atoms with Crippen molar-refractivity contribution in [2.45, 2.75) is 29.2 Å². The van der Waals surface area contributed by atoms with Gasteiger partial charge < -0.3 is 25.8 Å². The quantitative estimate of drug-likeness (QED) is 0.0641. The molecule has 45 heavy (non-hydrogen) atoms. The Morgan fingerprint density at radius 2 is 1.89 bits per heavy atom. The fraction of sp³-hybridized carbons (Fsp3) is 0.400. The van der Waals surface area contributed by atoms with Gasteiger partial charge in [-0.15, -0.1) is 16.9 Å². The van der Waals surface area contributed by atoms with Gasteiger partial charge in [0.05, 0.1) is 0 Å². The van der Waals surface area contributed by atoms with Gasteiger partial charge >= 0.3 is 23.8 Å². The highest BCUT2D eigenvalue weighted by Crippen LogP contribution is 2.45. The minimum atomic E-state index is -2.15. The van der Waals surface area contributed by atoms with Crippen LogP contribution in [0.5, 0.6) is 0 Å². The van der Waals surface area contributed by atoms with Gasteiger partial charge in [0.25, 0.3) is 5.91 Å². The lowest BCUT2D eigenvalue weighted by molar-refractivity contribution is -0.171. The maximum absolute atomic E-state index is 13.8. The minimum Gasteiger partial charge on any atom is -0.477 e. The molecule has 1 aromatic heterocycles. The molecular weight excluding hydrogens is 632 g/mol. The summed E-state index contributed by atoms with van der Waals surface area (Å²) < 4.78 is 1.41. The molecule has 18 nitrogen and oxygen atoms in total. The predicted molar refractivity (Wildman–Crippen MR) is 155 cm³/mol. The number of likely N-dealkylation sites (N-methyl/N-ethyl adjacent to an activating group) is 1. The molecule has 5 rings (SSSR count). The van der Waals surface area contributed by atoms with Crippen molar-refractivity contribution in [1.29, 1.82) is 0 Å². The van der Waals surface area contributed by atoms with E-state index < -0.39 is 52.7 Å². The van der Waals surface area contributed by atoms with Crippen molar-refractivity contribution in [2.75, 3.05) is 31.1 Å². The van der Waals surface area contributed by atoms with E-state index in [1.165, 1.54) is 33.5 Å². The standard InChI is InChI=1S/C25H28N10O8S2/c1-3-33-9-10-34(19(38)18(33)37)23(42)26-15(13-7-5-4-6-8-13)17(36)27-25(29-43)21(41)35-16(20(39)40)14(11-44-22(25)35)12-45-24-28-30-31-32(24)2/h4-8,15,22,29,43H,3,9-12H2,1-2H3,(H,26,42)(H,27,36)(H,39,40)/t15?,22-,25+/m1/s1. The van der Waals surface area contributed by atoms with E-state index in [4.69, 9.17) is 0 Å². The second-order valence-electron chi connectivity index (χ2n) is 10.0. The SMILES string of the molecule is CCN1CCN(C(=O)NC(C(=O)N[C@]2(NO)C(=O)N3C(C(=O)O)=C(CSc4nnnn4C)CS[C@@H]32)c2ccccc2)C(=O)C1=O. The largest absolute Gasteiger partial charge is 0.477 e. The van der Waals surface area contributed by atoms with Crippen LogP contribution in [0.4, 0.5) is 4.79 Å². The number of nitrogens with one attached hydrogen (secondary N) is 3. The first kappa shape index (κ1) is 31.9. The van der Waals surface area contributed by atoms with E-state index >= 15 is 0 Å². The lowest BCUT2D eigenvalue weighted by Gasteiger charge is -2.56. The molecular formula is C25H28N10O8S2. The van der Waals surface area contributed by atoms with Crippen LogP contribution in [0, 0.1) is 0 Å². The topological polar surface area (TPSA) is 232 Å². The number of aromatic nitrogens is 4. The minimum absolute atomic E-state index is 0.0975. The Kier molecular flexibility index (Phi) is 9.09. The van der Waals surface area contributed by atoms with Gasteiger partial charge in [0.1, 0.15) is 17.1 Å². The van der Waals surface area contributed by atoms with Gasteiger partial charge in [-0.3, -0.25) is 29.0 Å². The smallest absolute Gasteiger partial charge is 0.352 e. The Balaban J connectivity index is 1.37. The maximum Gasteiger partial charge on any atom is 0.352 e. The van der Waals surface area contributed by atoms with Gasteiger partial charge in [-0.2, -0.15) is 5.48 Å². The molecule has 20 heteroatoms. The van der Waals surface area contributed by atoms with Gasteiger partial charge in [-0.05, 0) is 28.5 Å². The number of hydrogen-bond acceptors (Lipinski definition) is 13. The summed E-state index contributed by atoms with van der Waals surface area (Å²) in [5, 5.41) is 35.6. The zero-order valence-electron chi connectivity index (χ0n) is 23.9. The monoisotopic (exact) mass is 660 g/mol. The Morgan fingerprint density at radius 1 is 1.16 bits per heavy atom. The molecule has 0 spiro atoms. The number of carbonyl (C=O) groups excluding carboxylic acids is 5. The van der Waals surface area contributed by atoms with Crippen molar-refractivity contribution in [1.82, 2.24) is 51.0 Å². The van der Waals surface area contributed by atoms with Gasteiger partial charge in [0.2, 0.25) is 16.7 Å². The van der Waals surface area contributed by atoms with Crippen LogP contribution in [0.3, 0.4) is 0 Å². The molecule has 5 N–H and O–H groups in total. The zero-order chi connectivity index (χ0) is 32.5. The molecule has 3 atom stereocenters. The molecule has 3 aliphatic heterocycles. The summed E-state index contributed by atoms with van der Waals surface area (Å²) in [6.07, 6.45) is 0. The Bertz CT molecular complexity index is 1590. The second-order valence-corrected chi connectivity index (χ2v) is 12.0. The average molecular weight is 661 g/mol. The first-order valence-corrected chi connectivity index (χ1v) is 15.5. The number of carboxylic acids is 1. The normalized spacial score (nSPS) is 22.2. The summed E-state index contributed by atoms with van der Waals surface area (Å²) >= 11 is 2.27. The molecule has 4 heterocycles. The number of imide groups is 1. The van der Waals surface area contributed by atoms with E-state index in [1.54, 1.807) is 32.2 Å². The van der Waals surface area contributed by atoms with Crippen molar-refractivity contribution in [2.24, 2.45) is 7.05 Å². The maximum atomic E-state index is 13.8. The number of aliphatic carboxylic acids is 1. The first-order chi connectivity index (χ1) is 21.5. The highest BCUT2D eigenvalue weighted by Gasteiger charge is 2.66. The number of tetrazole rings is 1. The van der Waals surface area contributed by atoms with Gasteiger partial charge in [0, 0.05) is 38.2 Å². The van der Waals surface area contributed by atoms with Crippen LogP contribution in [-0.4, -0.2) is 123 Å². The number of carbonyl (C=O) groups is 6. The van der Waals surface area contributed by atoms with Crippen LogP contribution < -0.4 is 16.1 Å². The van der Waals surface area contributed by atoms with Crippen molar-refractivity contribution in [3.8, 4) is 0 Å². The average Bonchev–Trinajstić information content (AvgIpc) is 3.46. The van der Waals surface area contributed by atoms with E-state index in [9.17, 15) is 39.1 Å². The van der Waals surface area contributed by atoms with E-state index in [2.05, 4.69) is 26.2 Å². The number of urea groups is 1. The van der Waals surface area contributed by atoms with Crippen molar-refractivity contribution < 1.29 is 39.1 Å². The number of fused-ring (bicyclic) bond motifs is 1. The summed E-state index contributed by atoms with van der Waals surface area (Å²) in [6, 6.07) is 5.44. The molecule has 2 fully saturated rings. The molecule has 0 saturated carbocycles. The number of hydroxylamine groups is 1. The van der Waals surface area contributed by atoms with Gasteiger partial charge in [-0.25, -0.2) is 14.3 Å². The van der Waals surface area contributed by atoms with Crippen LogP contribution in [0.2, 0.25) is 0 Å². The summed E-state index contributed by atoms with van der Waals surface area (Å²) in [6.45, 7) is 2.00. The van der Waals surface area contributed by atoms with Gasteiger partial charge in [0.15, 0.2) is 0 Å². The summed E-state index contributed by atoms with van der Waals surface area (Å²) in [4.78, 5) is 80.7. The molecule has 0 radical (unpaired) electrons. The number of thioether (sulfide) groups is 2. The number of rotatable bonds is 10. The first-order valence-electron chi connectivity index (χ1n) is 13.5. The molecule has 1 aromatic carbocycles. The van der Waals surface area contributed by atoms with Crippen LogP contribution in [-0.2, 0) is 31.0 Å². The van der Waals surface area contributed by atoms with Crippen LogP contribution in [0.1, 0.15) is 18.5 Å². The number of piperazine rings is 1. The molecule has 0 aliphatic carbocycles. The number of carboxylic acid groups (broad SMARTS) is 1. The fourth-order valence-electron chi connectivity index (χ4n) is 5.06. The molecule has 3 aliphatic rings. The highest BCUT2D eigenvalue weighted by atomic mass is 32.2. The van der Waals surface area contributed by atoms with Crippen LogP contribution in [0.15, 0.2) is 46.8 Å². The third-order valence-electron chi connectivity index (χ3n) is 7.41. The number of nitrogens with zero attached hydrogens (tertiary/aromatic N) is 7. The molecule has 2 aromatic rings. The summed E-state index contributed by atoms with van der Waals surface area (Å²) in [7, 11) is 1.62. The second kappa shape index (κ2) is 12.8. The summed E-state index contributed by atoms with van der Waals surface area (Å²) in [5.41, 5.74) is 0.0829. The van der Waals surface area contributed by atoms with Crippen molar-refractivity contribution in [3.05, 3.63) is 47.2 Å². The third kappa shape index (κ3) is 5.72. The molecule has 2 saturated heterocycles. The van der Waals surface area contributed by atoms with Crippen LogP contribution >= 0.6 is 23.5 Å². The lowest BCUT2D eigenvalue weighted by Crippen LogP contribution is -2.85. The van der Waals surface area contributed by atoms with Crippen molar-refractivity contribution >= 4 is 59.2 Å². The van der Waals surface area contributed by atoms with Gasteiger partial charge in [-0.1, -0.05) is 42.1 Å². The molecule has 1 unspecified atom stereocenters. The zero-order valence-corrected chi connectivity index (χ0v) is 25.5. The summed E-state index contributed by atoms with van der Waals surface area (Å²) in [5.74, 6) is -4.91. The molecule has 238 valence electrons. The number of β-lactam (4-membered cyclic amide) rings is 1. The molecule has 6 amide bonds. The van der Waals surface area contributed by atoms with Crippen LogP contribution in [0.25, 0.3) is 0 Å². The number of hydrogen-bond donors (Lipinski definition) is 5. The van der Waals surface area contributed by atoms with E-state index in [0.29, 0.717) is 15.6 Å². The van der Waals surface area contributed by atoms with E-state index in [-0.39, 0.29) is 42.4 Å². The number of aryl methyl sites for hydroxylation is 1. The van der Waals surface area contributed by atoms with E-state index in [0.717, 1.165) is 16.7 Å². The number of benzene rings is 1. The Hall–Kier alpha value is -4.53.